The van der Waals surface area contributed by atoms with Crippen LogP contribution in [0.5, 0.6) is 0 Å². The lowest BCUT2D eigenvalue weighted by Gasteiger charge is -2.09. The van der Waals surface area contributed by atoms with Crippen LogP contribution in [-0.2, 0) is 6.54 Å². The molecular formula is C9H11NO3. The van der Waals surface area contributed by atoms with Crippen molar-refractivity contribution in [2.75, 3.05) is 7.05 Å². The summed E-state index contributed by atoms with van der Waals surface area (Å²) in [6.45, 7) is 0.211. The van der Waals surface area contributed by atoms with Crippen molar-refractivity contribution in [1.82, 2.24) is 5.06 Å². The van der Waals surface area contributed by atoms with Gasteiger partial charge in [0.15, 0.2) is 0 Å². The zero-order chi connectivity index (χ0) is 9.84. The Hall–Kier alpha value is -1.39. The summed E-state index contributed by atoms with van der Waals surface area (Å²) in [5, 5.41) is 18.7. The van der Waals surface area contributed by atoms with E-state index in [1.165, 1.54) is 13.1 Å². The van der Waals surface area contributed by atoms with Crippen LogP contribution in [-0.4, -0.2) is 28.4 Å². The van der Waals surface area contributed by atoms with E-state index in [0.29, 0.717) is 5.56 Å². The van der Waals surface area contributed by atoms with E-state index in [9.17, 15) is 4.79 Å². The van der Waals surface area contributed by atoms with Crippen molar-refractivity contribution in [2.24, 2.45) is 0 Å². The van der Waals surface area contributed by atoms with Crippen LogP contribution in [0.3, 0.4) is 0 Å². The van der Waals surface area contributed by atoms with E-state index in [4.69, 9.17) is 10.3 Å². The number of benzene rings is 1. The molecule has 0 aromatic heterocycles. The first-order valence-corrected chi connectivity index (χ1v) is 3.82. The van der Waals surface area contributed by atoms with Crippen LogP contribution >= 0.6 is 0 Å². The van der Waals surface area contributed by atoms with E-state index < -0.39 is 5.97 Å². The number of nitrogens with zero attached hydrogens (tertiary/aromatic N) is 1. The van der Waals surface area contributed by atoms with E-state index in [1.54, 1.807) is 18.2 Å². The zero-order valence-corrected chi connectivity index (χ0v) is 7.27. The second-order valence-electron chi connectivity index (χ2n) is 2.78. The van der Waals surface area contributed by atoms with Crippen LogP contribution in [0.2, 0.25) is 0 Å². The molecule has 0 unspecified atom stereocenters. The number of carboxylic acids is 1. The number of aromatic carboxylic acids is 1. The monoisotopic (exact) mass is 181 g/mol. The molecular weight excluding hydrogens is 170 g/mol. The molecule has 0 saturated heterocycles. The van der Waals surface area contributed by atoms with Gasteiger partial charge in [0, 0.05) is 13.6 Å². The minimum absolute atomic E-state index is 0.211. The van der Waals surface area contributed by atoms with Crippen LogP contribution in [0.4, 0.5) is 0 Å². The van der Waals surface area contributed by atoms with Gasteiger partial charge in [0.05, 0.1) is 5.56 Å². The van der Waals surface area contributed by atoms with Gasteiger partial charge in [-0.3, -0.25) is 0 Å². The molecule has 0 atom stereocenters. The lowest BCUT2D eigenvalue weighted by Crippen LogP contribution is -2.14. The van der Waals surface area contributed by atoms with Crippen molar-refractivity contribution in [1.29, 1.82) is 0 Å². The number of carbonyl (C=O) groups is 1. The van der Waals surface area contributed by atoms with Gasteiger partial charge >= 0.3 is 5.97 Å². The van der Waals surface area contributed by atoms with E-state index in [-0.39, 0.29) is 12.1 Å². The molecule has 0 spiro atoms. The SMILES string of the molecule is CN(O)Cc1ccccc1C(=O)O. The second-order valence-corrected chi connectivity index (χ2v) is 2.78. The molecule has 0 saturated carbocycles. The molecule has 1 aromatic rings. The largest absolute Gasteiger partial charge is 0.478 e. The molecule has 0 amide bonds. The average Bonchev–Trinajstić information content (AvgIpc) is 2.03. The highest BCUT2D eigenvalue weighted by molar-refractivity contribution is 5.89. The van der Waals surface area contributed by atoms with Crippen LogP contribution < -0.4 is 0 Å². The molecule has 0 aliphatic rings. The predicted molar refractivity (Wildman–Crippen MR) is 46.7 cm³/mol. The van der Waals surface area contributed by atoms with Crippen LogP contribution in [0.15, 0.2) is 24.3 Å². The number of hydroxylamine groups is 2. The minimum atomic E-state index is -0.975. The van der Waals surface area contributed by atoms with Gasteiger partial charge in [-0.15, -0.1) is 0 Å². The zero-order valence-electron chi connectivity index (χ0n) is 7.27. The number of rotatable bonds is 3. The molecule has 13 heavy (non-hydrogen) atoms. The fourth-order valence-electron chi connectivity index (χ4n) is 1.11. The molecule has 0 fully saturated rings. The van der Waals surface area contributed by atoms with Crippen LogP contribution in [0.25, 0.3) is 0 Å². The third-order valence-electron chi connectivity index (χ3n) is 1.65. The lowest BCUT2D eigenvalue weighted by atomic mass is 10.1. The summed E-state index contributed by atoms with van der Waals surface area (Å²) < 4.78 is 0. The topological polar surface area (TPSA) is 60.8 Å². The Morgan fingerprint density at radius 2 is 2.08 bits per heavy atom. The number of hydrogen-bond acceptors (Lipinski definition) is 3. The van der Waals surface area contributed by atoms with Crippen molar-refractivity contribution in [3.63, 3.8) is 0 Å². The molecule has 1 rings (SSSR count). The summed E-state index contributed by atoms with van der Waals surface area (Å²) in [5.41, 5.74) is 0.823. The second kappa shape index (κ2) is 4.02. The third-order valence-corrected chi connectivity index (χ3v) is 1.65. The predicted octanol–water partition coefficient (Wildman–Crippen LogP) is 1.21. The molecule has 1 aromatic carbocycles. The summed E-state index contributed by atoms with van der Waals surface area (Å²) in [6.07, 6.45) is 0. The molecule has 4 nitrogen and oxygen atoms in total. The van der Waals surface area contributed by atoms with E-state index in [2.05, 4.69) is 0 Å². The smallest absolute Gasteiger partial charge is 0.336 e. The fraction of sp³-hybridized carbons (Fsp3) is 0.222. The van der Waals surface area contributed by atoms with Gasteiger partial charge < -0.3 is 10.3 Å². The maximum absolute atomic E-state index is 10.7. The highest BCUT2D eigenvalue weighted by Crippen LogP contribution is 2.09. The molecule has 70 valence electrons. The van der Waals surface area contributed by atoms with Gasteiger partial charge in [0.1, 0.15) is 0 Å². The molecule has 0 heterocycles. The van der Waals surface area contributed by atoms with Crippen LogP contribution in [0.1, 0.15) is 15.9 Å². The van der Waals surface area contributed by atoms with E-state index in [0.717, 1.165) is 5.06 Å². The third kappa shape index (κ3) is 2.54. The van der Waals surface area contributed by atoms with Gasteiger partial charge in [-0.2, -0.15) is 5.06 Å². The Kier molecular flexibility index (Phi) is 3.00. The Morgan fingerprint density at radius 1 is 1.46 bits per heavy atom. The van der Waals surface area contributed by atoms with Gasteiger partial charge in [0.2, 0.25) is 0 Å². The number of hydrogen-bond donors (Lipinski definition) is 2. The first kappa shape index (κ1) is 9.70. The highest BCUT2D eigenvalue weighted by Gasteiger charge is 2.09. The Balaban J connectivity index is 2.98. The first-order chi connectivity index (χ1) is 6.11. The van der Waals surface area contributed by atoms with Gasteiger partial charge in [-0.25, -0.2) is 4.79 Å². The summed E-state index contributed by atoms with van der Waals surface area (Å²) >= 11 is 0. The molecule has 0 aliphatic heterocycles. The Labute approximate surface area is 76.0 Å². The molecule has 0 radical (unpaired) electrons. The maximum atomic E-state index is 10.7. The summed E-state index contributed by atoms with van der Waals surface area (Å²) in [6, 6.07) is 6.59. The molecule has 0 aliphatic carbocycles. The number of carboxylic acid groups (broad SMARTS) is 1. The minimum Gasteiger partial charge on any atom is -0.478 e. The van der Waals surface area contributed by atoms with Crippen molar-refractivity contribution >= 4 is 5.97 Å². The van der Waals surface area contributed by atoms with Gasteiger partial charge in [-0.05, 0) is 11.6 Å². The average molecular weight is 181 g/mol. The highest BCUT2D eigenvalue weighted by atomic mass is 16.5. The van der Waals surface area contributed by atoms with Crippen molar-refractivity contribution in [2.45, 2.75) is 6.54 Å². The normalized spacial score (nSPS) is 10.4. The summed E-state index contributed by atoms with van der Waals surface area (Å²) in [5.74, 6) is -0.975. The lowest BCUT2D eigenvalue weighted by molar-refractivity contribution is -0.0732. The van der Waals surface area contributed by atoms with Crippen molar-refractivity contribution in [3.05, 3.63) is 35.4 Å². The first-order valence-electron chi connectivity index (χ1n) is 3.82. The summed E-state index contributed by atoms with van der Waals surface area (Å²) in [7, 11) is 1.47. The maximum Gasteiger partial charge on any atom is 0.336 e. The Bertz CT molecular complexity index is 309. The standard InChI is InChI=1S/C9H11NO3/c1-10(13)6-7-4-2-3-5-8(7)9(11)12/h2-5,13H,6H2,1H3,(H,11,12). The molecule has 4 heteroatoms. The Morgan fingerprint density at radius 3 is 2.62 bits per heavy atom. The van der Waals surface area contributed by atoms with E-state index in [1.807, 2.05) is 0 Å². The van der Waals surface area contributed by atoms with Gasteiger partial charge in [-0.1, -0.05) is 18.2 Å². The van der Waals surface area contributed by atoms with Gasteiger partial charge in [0.25, 0.3) is 0 Å². The molecule has 0 bridgehead atoms. The molecule has 2 N–H and O–H groups in total. The van der Waals surface area contributed by atoms with E-state index >= 15 is 0 Å². The van der Waals surface area contributed by atoms with Crippen molar-refractivity contribution in [3.8, 4) is 0 Å². The van der Waals surface area contributed by atoms with Crippen LogP contribution in [0, 0.1) is 0 Å². The fourth-order valence-corrected chi connectivity index (χ4v) is 1.11. The summed E-state index contributed by atoms with van der Waals surface area (Å²) in [4.78, 5) is 10.7. The quantitative estimate of drug-likeness (QED) is 0.688. The van der Waals surface area contributed by atoms with Crippen molar-refractivity contribution < 1.29 is 15.1 Å².